The van der Waals surface area contributed by atoms with Crippen LogP contribution in [0, 0.1) is 5.41 Å². The molecule has 0 aromatic carbocycles. The molecule has 5 heteroatoms. The molecule has 1 heterocycles. The van der Waals surface area contributed by atoms with Crippen LogP contribution < -0.4 is 5.32 Å². The maximum absolute atomic E-state index is 12.7. The molecule has 0 aliphatic carbocycles. The van der Waals surface area contributed by atoms with E-state index >= 15 is 0 Å². The lowest BCUT2D eigenvalue weighted by Gasteiger charge is -2.35. The normalized spacial score (nSPS) is 25.1. The van der Waals surface area contributed by atoms with Crippen molar-refractivity contribution in [2.45, 2.75) is 26.3 Å². The predicted molar refractivity (Wildman–Crippen MR) is 70.5 cm³/mol. The van der Waals surface area contributed by atoms with Crippen LogP contribution in [0.5, 0.6) is 0 Å². The maximum atomic E-state index is 12.7. The van der Waals surface area contributed by atoms with Gasteiger partial charge in [-0.1, -0.05) is 0 Å². The number of hydrogen-bond acceptors (Lipinski definition) is 4. The van der Waals surface area contributed by atoms with Crippen LogP contribution in [0.2, 0.25) is 0 Å². The summed E-state index contributed by atoms with van der Waals surface area (Å²) in [6, 6.07) is 0.0788. The van der Waals surface area contributed by atoms with Crippen molar-refractivity contribution in [3.8, 4) is 0 Å². The highest BCUT2D eigenvalue weighted by atomic mass is 16.5. The van der Waals surface area contributed by atoms with Gasteiger partial charge in [-0.3, -0.25) is 4.79 Å². The van der Waals surface area contributed by atoms with Gasteiger partial charge in [-0.15, -0.1) is 0 Å². The molecule has 1 aliphatic heterocycles. The van der Waals surface area contributed by atoms with Crippen molar-refractivity contribution in [1.82, 2.24) is 10.2 Å². The first-order valence-electron chi connectivity index (χ1n) is 6.55. The molecule has 1 amide bonds. The highest BCUT2D eigenvalue weighted by Gasteiger charge is 2.40. The number of ether oxygens (including phenoxy) is 2. The first kappa shape index (κ1) is 15.4. The summed E-state index contributed by atoms with van der Waals surface area (Å²) in [5.74, 6) is 0.203. The molecule has 0 aromatic rings. The molecular formula is C13H26N2O3. The van der Waals surface area contributed by atoms with Gasteiger partial charge in [-0.2, -0.15) is 0 Å². The van der Waals surface area contributed by atoms with E-state index in [1.807, 2.05) is 18.7 Å². The molecule has 2 unspecified atom stereocenters. The molecule has 1 N–H and O–H groups in total. The fourth-order valence-electron chi connectivity index (χ4n) is 2.39. The fourth-order valence-corrected chi connectivity index (χ4v) is 2.39. The molecule has 0 spiro atoms. The predicted octanol–water partition coefficient (Wildman–Crippen LogP) is 0.496. The quantitative estimate of drug-likeness (QED) is 0.722. The van der Waals surface area contributed by atoms with Crippen LogP contribution in [0.3, 0.4) is 0 Å². The van der Waals surface area contributed by atoms with Crippen molar-refractivity contribution >= 4 is 5.91 Å². The van der Waals surface area contributed by atoms with E-state index in [2.05, 4.69) is 5.32 Å². The Bertz CT molecular complexity index is 265. The first-order valence-corrected chi connectivity index (χ1v) is 6.55. The number of nitrogens with one attached hydrogen (secondary N) is 1. The average molecular weight is 258 g/mol. The largest absolute Gasteiger partial charge is 0.383 e. The minimum Gasteiger partial charge on any atom is -0.383 e. The van der Waals surface area contributed by atoms with Crippen LogP contribution in [0.25, 0.3) is 0 Å². The average Bonchev–Trinajstić information content (AvgIpc) is 2.78. The molecular weight excluding hydrogens is 232 g/mol. The molecule has 106 valence electrons. The van der Waals surface area contributed by atoms with Gasteiger partial charge in [0.1, 0.15) is 0 Å². The second-order valence-corrected chi connectivity index (χ2v) is 5.28. The summed E-state index contributed by atoms with van der Waals surface area (Å²) in [4.78, 5) is 14.6. The van der Waals surface area contributed by atoms with Gasteiger partial charge in [0.25, 0.3) is 0 Å². The van der Waals surface area contributed by atoms with E-state index in [1.54, 1.807) is 14.2 Å². The van der Waals surface area contributed by atoms with E-state index in [0.717, 1.165) is 19.5 Å². The number of rotatable bonds is 7. The van der Waals surface area contributed by atoms with Crippen molar-refractivity contribution in [2.24, 2.45) is 5.41 Å². The van der Waals surface area contributed by atoms with Crippen LogP contribution >= 0.6 is 0 Å². The number of nitrogens with zero attached hydrogens (tertiary/aromatic N) is 1. The topological polar surface area (TPSA) is 50.8 Å². The van der Waals surface area contributed by atoms with E-state index in [-0.39, 0.29) is 17.4 Å². The maximum Gasteiger partial charge on any atom is 0.230 e. The van der Waals surface area contributed by atoms with Crippen LogP contribution in [0.15, 0.2) is 0 Å². The zero-order valence-corrected chi connectivity index (χ0v) is 12.0. The van der Waals surface area contributed by atoms with Crippen LogP contribution in [-0.4, -0.2) is 63.9 Å². The van der Waals surface area contributed by atoms with Gasteiger partial charge >= 0.3 is 0 Å². The Labute approximate surface area is 110 Å². The summed E-state index contributed by atoms with van der Waals surface area (Å²) >= 11 is 0. The van der Waals surface area contributed by atoms with Gasteiger partial charge in [-0.25, -0.2) is 0 Å². The third-order valence-electron chi connectivity index (χ3n) is 3.62. The Balaban J connectivity index is 2.71. The van der Waals surface area contributed by atoms with Crippen LogP contribution in [-0.2, 0) is 14.3 Å². The van der Waals surface area contributed by atoms with Crippen molar-refractivity contribution in [1.29, 1.82) is 0 Å². The van der Waals surface area contributed by atoms with Gasteiger partial charge in [0, 0.05) is 27.3 Å². The van der Waals surface area contributed by atoms with Crippen LogP contribution in [0.4, 0.5) is 0 Å². The Morgan fingerprint density at radius 3 is 2.67 bits per heavy atom. The van der Waals surface area contributed by atoms with E-state index in [4.69, 9.17) is 9.47 Å². The molecule has 1 rings (SSSR count). The van der Waals surface area contributed by atoms with Crippen molar-refractivity contribution in [2.75, 3.05) is 47.1 Å². The fraction of sp³-hybridized carbons (Fsp3) is 0.923. The number of amides is 1. The second kappa shape index (κ2) is 7.07. The molecule has 2 atom stereocenters. The molecule has 1 aliphatic rings. The van der Waals surface area contributed by atoms with Gasteiger partial charge in [0.2, 0.25) is 5.91 Å². The Morgan fingerprint density at radius 2 is 2.17 bits per heavy atom. The summed E-state index contributed by atoms with van der Waals surface area (Å²) in [5.41, 5.74) is -0.282. The lowest BCUT2D eigenvalue weighted by atomic mass is 9.87. The lowest BCUT2D eigenvalue weighted by molar-refractivity contribution is -0.144. The van der Waals surface area contributed by atoms with E-state index in [9.17, 15) is 4.79 Å². The minimum absolute atomic E-state index is 0.0788. The molecule has 1 fully saturated rings. The summed E-state index contributed by atoms with van der Waals surface area (Å²) in [6.07, 6.45) is 0.898. The zero-order valence-electron chi connectivity index (χ0n) is 12.0. The number of hydrogen-bond donors (Lipinski definition) is 1. The molecule has 1 saturated heterocycles. The summed E-state index contributed by atoms with van der Waals surface area (Å²) < 4.78 is 10.3. The van der Waals surface area contributed by atoms with Gasteiger partial charge < -0.3 is 19.7 Å². The van der Waals surface area contributed by atoms with Crippen molar-refractivity contribution in [3.05, 3.63) is 0 Å². The third kappa shape index (κ3) is 3.67. The molecule has 0 bridgehead atoms. The van der Waals surface area contributed by atoms with Crippen molar-refractivity contribution < 1.29 is 14.3 Å². The zero-order chi connectivity index (χ0) is 13.6. The Morgan fingerprint density at radius 1 is 1.44 bits per heavy atom. The standard InChI is InChI=1S/C13H26N2O3/c1-11(9-18-4)15(7-8-17-3)12(16)13(2)5-6-14-10-13/h11,14H,5-10H2,1-4H3. The van der Waals surface area contributed by atoms with E-state index < -0.39 is 0 Å². The Kier molecular flexibility index (Phi) is 6.05. The molecule has 0 saturated carbocycles. The summed E-state index contributed by atoms with van der Waals surface area (Å²) in [5, 5.41) is 3.27. The smallest absolute Gasteiger partial charge is 0.230 e. The van der Waals surface area contributed by atoms with Crippen molar-refractivity contribution in [3.63, 3.8) is 0 Å². The van der Waals surface area contributed by atoms with Gasteiger partial charge in [0.15, 0.2) is 0 Å². The third-order valence-corrected chi connectivity index (χ3v) is 3.62. The van der Waals surface area contributed by atoms with Crippen LogP contribution in [0.1, 0.15) is 20.3 Å². The highest BCUT2D eigenvalue weighted by molar-refractivity contribution is 5.83. The van der Waals surface area contributed by atoms with Gasteiger partial charge in [-0.05, 0) is 26.8 Å². The number of carbonyl (C=O) groups excluding carboxylic acids is 1. The first-order chi connectivity index (χ1) is 8.55. The molecule has 5 nitrogen and oxygen atoms in total. The van der Waals surface area contributed by atoms with Gasteiger partial charge in [0.05, 0.1) is 24.7 Å². The van der Waals surface area contributed by atoms with E-state index in [0.29, 0.717) is 19.8 Å². The SMILES string of the molecule is COCCN(C(=O)C1(C)CCNC1)C(C)COC. The molecule has 0 radical (unpaired) electrons. The number of methoxy groups -OCH3 is 2. The Hall–Kier alpha value is -0.650. The summed E-state index contributed by atoms with van der Waals surface area (Å²) in [6.45, 7) is 7.46. The number of carbonyl (C=O) groups is 1. The molecule has 0 aromatic heterocycles. The highest BCUT2D eigenvalue weighted by Crippen LogP contribution is 2.28. The lowest BCUT2D eigenvalue weighted by Crippen LogP contribution is -2.50. The monoisotopic (exact) mass is 258 g/mol. The molecule has 18 heavy (non-hydrogen) atoms. The van der Waals surface area contributed by atoms with E-state index in [1.165, 1.54) is 0 Å². The summed E-state index contributed by atoms with van der Waals surface area (Å²) in [7, 11) is 3.32. The minimum atomic E-state index is -0.282. The second-order valence-electron chi connectivity index (χ2n) is 5.28.